The molecule has 348 valence electrons. The van der Waals surface area contributed by atoms with Gasteiger partial charge in [-0.3, -0.25) is 4.98 Å². The van der Waals surface area contributed by atoms with Crippen LogP contribution in [0.1, 0.15) is 74.9 Å². The number of anilines is 3. The minimum Gasteiger partial charge on any atom is -0.456 e. The van der Waals surface area contributed by atoms with Gasteiger partial charge in [0.15, 0.2) is 0 Å². The second-order valence-corrected chi connectivity index (χ2v) is 22.2. The van der Waals surface area contributed by atoms with Crippen LogP contribution in [0.15, 0.2) is 196 Å². The lowest BCUT2D eigenvalue weighted by atomic mass is 9.72. The minimum atomic E-state index is -0.361. The Morgan fingerprint density at radius 3 is 1.58 bits per heavy atom. The maximum Gasteiger partial charge on any atom is 0.144 e. The quantitative estimate of drug-likeness (QED) is 0.176. The Kier molecular flexibility index (Phi) is 7.77. The molecule has 0 amide bonds. The molecule has 0 fully saturated rings. The third kappa shape index (κ3) is 5.19. The highest BCUT2D eigenvalue weighted by molar-refractivity contribution is 6.22. The first kappa shape index (κ1) is 41.0. The summed E-state index contributed by atoms with van der Waals surface area (Å²) in [4.78, 5) is 6.84. The van der Waals surface area contributed by atoms with Crippen molar-refractivity contribution in [3.63, 3.8) is 0 Å². The average Bonchev–Trinajstić information content (AvgIpc) is 4.23. The Labute approximate surface area is 421 Å². The Hall–Kier alpha value is -8.67. The van der Waals surface area contributed by atoms with Crippen molar-refractivity contribution in [2.24, 2.45) is 0 Å². The van der Waals surface area contributed by atoms with Crippen molar-refractivity contribution >= 4 is 82.9 Å². The summed E-state index contributed by atoms with van der Waals surface area (Å²) in [6.45, 7) is 14.5. The van der Waals surface area contributed by atoms with Crippen molar-refractivity contribution < 1.29 is 13.3 Å². The van der Waals surface area contributed by atoms with Crippen LogP contribution in [0, 0.1) is 0 Å². The van der Waals surface area contributed by atoms with Gasteiger partial charge in [0.05, 0.1) is 0 Å². The summed E-state index contributed by atoms with van der Waals surface area (Å²) in [5, 5.41) is 6.84. The molecular formula is C68H48N2O3. The molecule has 4 aromatic heterocycles. The molecule has 0 unspecified atom stereocenters. The molecule has 13 aromatic rings. The van der Waals surface area contributed by atoms with E-state index >= 15 is 0 Å². The van der Waals surface area contributed by atoms with Crippen molar-refractivity contribution in [2.75, 3.05) is 4.90 Å². The second-order valence-electron chi connectivity index (χ2n) is 22.2. The van der Waals surface area contributed by atoms with Crippen molar-refractivity contribution in [1.82, 2.24) is 4.98 Å². The molecule has 9 aromatic carbocycles. The number of hydrogen-bond acceptors (Lipinski definition) is 5. The fourth-order valence-electron chi connectivity index (χ4n) is 13.9. The van der Waals surface area contributed by atoms with E-state index in [0.29, 0.717) is 0 Å². The predicted octanol–water partition coefficient (Wildman–Crippen LogP) is 18.8. The van der Waals surface area contributed by atoms with E-state index in [1.807, 2.05) is 18.5 Å². The van der Waals surface area contributed by atoms with Gasteiger partial charge in [-0.15, -0.1) is 0 Å². The van der Waals surface area contributed by atoms with Crippen molar-refractivity contribution in [3.05, 3.63) is 216 Å². The number of hydrogen-bond donors (Lipinski definition) is 0. The largest absolute Gasteiger partial charge is 0.456 e. The molecule has 5 nitrogen and oxygen atoms in total. The Morgan fingerprint density at radius 1 is 0.356 bits per heavy atom. The van der Waals surface area contributed by atoms with Crippen molar-refractivity contribution in [2.45, 2.75) is 57.8 Å². The summed E-state index contributed by atoms with van der Waals surface area (Å²) in [6, 6.07) is 62.0. The van der Waals surface area contributed by atoms with Crippen LogP contribution < -0.4 is 4.90 Å². The molecule has 16 rings (SSSR count). The number of para-hydroxylation sites is 3. The van der Waals surface area contributed by atoms with Gasteiger partial charge in [-0.25, -0.2) is 0 Å². The number of furan rings is 3. The minimum absolute atomic E-state index is 0.248. The average molecular weight is 941 g/mol. The van der Waals surface area contributed by atoms with Crippen molar-refractivity contribution in [3.8, 4) is 44.5 Å². The van der Waals surface area contributed by atoms with Crippen LogP contribution >= 0.6 is 0 Å². The van der Waals surface area contributed by atoms with Gasteiger partial charge < -0.3 is 18.2 Å². The van der Waals surface area contributed by atoms with E-state index in [4.69, 9.17) is 13.3 Å². The highest BCUT2D eigenvalue weighted by atomic mass is 16.3. The summed E-state index contributed by atoms with van der Waals surface area (Å²) in [5.74, 6) is 0. The Morgan fingerprint density at radius 2 is 0.863 bits per heavy atom. The van der Waals surface area contributed by atoms with Crippen LogP contribution in [-0.4, -0.2) is 4.98 Å². The predicted molar refractivity (Wildman–Crippen MR) is 299 cm³/mol. The zero-order valence-corrected chi connectivity index (χ0v) is 41.4. The molecular weight excluding hydrogens is 893 g/mol. The number of fused-ring (bicyclic) bond motifs is 22. The van der Waals surface area contributed by atoms with E-state index in [1.165, 1.54) is 72.1 Å². The standard InChI is InChI=1S/C68H48N2O3/c1-66(2)50-34-39(23-26-43(50)57-52(66)36-47(37-29-31-69-32-30-37)64-59(57)45-17-9-13-21-54(45)72-64)70(38-25-28-56-48(33-38)41-15-8-12-20-53(41)71-56)40-24-27-44-51(35-40)68(5,6)62-58(44)60-46-18-10-14-22-55(46)73-65(60)61-42-16-7-11-19-49(42)67(3,4)63(61)62/h7-36H,1-6H3. The van der Waals surface area contributed by atoms with Crippen LogP contribution in [-0.2, 0) is 16.2 Å². The van der Waals surface area contributed by atoms with Gasteiger partial charge in [-0.05, 0) is 146 Å². The lowest BCUT2D eigenvalue weighted by Gasteiger charge is -2.32. The molecule has 0 bridgehead atoms. The number of rotatable bonds is 4. The molecule has 0 saturated carbocycles. The van der Waals surface area contributed by atoms with E-state index in [0.717, 1.165) is 88.6 Å². The van der Waals surface area contributed by atoms with E-state index in [2.05, 4.69) is 215 Å². The molecule has 5 heteroatoms. The zero-order valence-electron chi connectivity index (χ0n) is 41.4. The molecule has 3 aliphatic carbocycles. The molecule has 0 spiro atoms. The number of aromatic nitrogens is 1. The summed E-state index contributed by atoms with van der Waals surface area (Å²) >= 11 is 0. The Balaban J connectivity index is 0.940. The molecule has 0 saturated heterocycles. The van der Waals surface area contributed by atoms with E-state index in [1.54, 1.807) is 0 Å². The monoisotopic (exact) mass is 940 g/mol. The van der Waals surface area contributed by atoms with Crippen LogP contribution in [0.3, 0.4) is 0 Å². The number of nitrogens with zero attached hydrogens (tertiary/aromatic N) is 2. The van der Waals surface area contributed by atoms with Crippen molar-refractivity contribution in [1.29, 1.82) is 0 Å². The third-order valence-electron chi connectivity index (χ3n) is 17.3. The molecule has 0 atom stereocenters. The van der Waals surface area contributed by atoms with Crippen LogP contribution in [0.5, 0.6) is 0 Å². The van der Waals surface area contributed by atoms with Gasteiger partial charge in [0.2, 0.25) is 0 Å². The molecule has 0 radical (unpaired) electrons. The lowest BCUT2D eigenvalue weighted by Crippen LogP contribution is -2.24. The summed E-state index contributed by atoms with van der Waals surface area (Å²) in [6.07, 6.45) is 3.74. The molecule has 3 aliphatic rings. The Bertz CT molecular complexity index is 4600. The van der Waals surface area contributed by atoms with Gasteiger partial charge >= 0.3 is 0 Å². The topological polar surface area (TPSA) is 55.6 Å². The SMILES string of the molecule is CC1(C)c2cc(N(c3ccc4c(c3)C(C)(C)c3c5c(c6oc7ccccc7c6c3-4)-c3ccccc3C5(C)C)c3ccc4oc5ccccc5c4c3)ccc2-c2c1cc(-c1ccncc1)c1oc3ccccc3c21. The lowest BCUT2D eigenvalue weighted by molar-refractivity contribution is 0.600. The fraction of sp³-hybridized carbons (Fsp3) is 0.132. The van der Waals surface area contributed by atoms with Gasteiger partial charge in [0.25, 0.3) is 0 Å². The maximum absolute atomic E-state index is 7.01. The maximum atomic E-state index is 7.01. The van der Waals surface area contributed by atoms with E-state index < -0.39 is 0 Å². The van der Waals surface area contributed by atoms with Gasteiger partial charge in [0, 0.05) is 89.1 Å². The normalized spacial score (nSPS) is 15.3. The number of pyridine rings is 1. The fourth-order valence-corrected chi connectivity index (χ4v) is 13.9. The third-order valence-corrected chi connectivity index (χ3v) is 17.3. The first-order chi connectivity index (χ1) is 35.5. The first-order valence-electron chi connectivity index (χ1n) is 25.5. The molecule has 0 aliphatic heterocycles. The van der Waals surface area contributed by atoms with Gasteiger partial charge in [-0.1, -0.05) is 133 Å². The van der Waals surface area contributed by atoms with Gasteiger partial charge in [0.1, 0.15) is 33.5 Å². The zero-order chi connectivity index (χ0) is 48.9. The first-order valence-corrected chi connectivity index (χ1v) is 25.5. The van der Waals surface area contributed by atoms with Gasteiger partial charge in [-0.2, -0.15) is 0 Å². The molecule has 0 N–H and O–H groups in total. The summed E-state index contributed by atoms with van der Waals surface area (Å²) in [7, 11) is 0. The second kappa shape index (κ2) is 13.8. The van der Waals surface area contributed by atoms with E-state index in [9.17, 15) is 0 Å². The highest BCUT2D eigenvalue weighted by Crippen LogP contribution is 2.64. The molecule has 73 heavy (non-hydrogen) atoms. The molecule has 4 heterocycles. The van der Waals surface area contributed by atoms with Crippen LogP contribution in [0.4, 0.5) is 17.1 Å². The number of benzene rings is 9. The van der Waals surface area contributed by atoms with Crippen LogP contribution in [0.25, 0.3) is 110 Å². The highest BCUT2D eigenvalue weighted by Gasteiger charge is 2.49. The summed E-state index contributed by atoms with van der Waals surface area (Å²) in [5.41, 5.74) is 25.4. The smallest absolute Gasteiger partial charge is 0.144 e. The van der Waals surface area contributed by atoms with Crippen LogP contribution in [0.2, 0.25) is 0 Å². The van der Waals surface area contributed by atoms with E-state index in [-0.39, 0.29) is 16.2 Å². The summed E-state index contributed by atoms with van der Waals surface area (Å²) < 4.78 is 20.3.